The first-order valence-corrected chi connectivity index (χ1v) is 10.9. The number of carbonyl (C=O) groups is 1. The van der Waals surface area contributed by atoms with Crippen LogP contribution >= 0.6 is 0 Å². The SMILES string of the molecule is COc1ccc(-c2cc(C(=O)Nc3ccccc3Oc3ccccc3)c3ccccc3n2)cc1. The molecule has 0 aliphatic heterocycles. The molecule has 4 aromatic carbocycles. The van der Waals surface area contributed by atoms with Crippen molar-refractivity contribution >= 4 is 22.5 Å². The lowest BCUT2D eigenvalue weighted by Gasteiger charge is -2.14. The summed E-state index contributed by atoms with van der Waals surface area (Å²) < 4.78 is 11.3. The highest BCUT2D eigenvalue weighted by Gasteiger charge is 2.16. The maximum atomic E-state index is 13.5. The van der Waals surface area contributed by atoms with E-state index in [0.717, 1.165) is 22.2 Å². The molecule has 0 aliphatic carbocycles. The number of carbonyl (C=O) groups excluding carboxylic acids is 1. The lowest BCUT2D eigenvalue weighted by Crippen LogP contribution is -2.13. The molecule has 1 N–H and O–H groups in total. The van der Waals surface area contributed by atoms with E-state index >= 15 is 0 Å². The maximum Gasteiger partial charge on any atom is 0.256 e. The van der Waals surface area contributed by atoms with Crippen molar-refractivity contribution in [1.82, 2.24) is 4.98 Å². The summed E-state index contributed by atoms with van der Waals surface area (Å²) in [6, 6.07) is 33.9. The van der Waals surface area contributed by atoms with Gasteiger partial charge in [0.05, 0.1) is 29.6 Å². The molecule has 5 rings (SSSR count). The Morgan fingerprint density at radius 3 is 2.26 bits per heavy atom. The molecule has 5 aromatic rings. The molecular weight excluding hydrogens is 424 g/mol. The van der Waals surface area contributed by atoms with Crippen LogP contribution in [0.1, 0.15) is 10.4 Å². The molecule has 5 nitrogen and oxygen atoms in total. The third kappa shape index (κ3) is 4.45. The molecule has 166 valence electrons. The van der Waals surface area contributed by atoms with Crippen LogP contribution in [-0.2, 0) is 0 Å². The average Bonchev–Trinajstić information content (AvgIpc) is 2.90. The summed E-state index contributed by atoms with van der Waals surface area (Å²) in [5.74, 6) is 1.78. The van der Waals surface area contributed by atoms with E-state index in [9.17, 15) is 4.79 Å². The molecule has 0 saturated carbocycles. The summed E-state index contributed by atoms with van der Waals surface area (Å²) >= 11 is 0. The molecule has 1 heterocycles. The van der Waals surface area contributed by atoms with Gasteiger partial charge in [0, 0.05) is 10.9 Å². The fourth-order valence-corrected chi connectivity index (χ4v) is 3.74. The Hall–Kier alpha value is -4.64. The van der Waals surface area contributed by atoms with Gasteiger partial charge in [0.2, 0.25) is 0 Å². The number of anilines is 1. The molecule has 0 spiro atoms. The minimum atomic E-state index is -0.238. The van der Waals surface area contributed by atoms with Crippen LogP contribution in [0.5, 0.6) is 17.2 Å². The molecule has 0 aliphatic rings. The van der Waals surface area contributed by atoms with Crippen molar-refractivity contribution in [3.05, 3.63) is 115 Å². The Balaban J connectivity index is 1.51. The van der Waals surface area contributed by atoms with Crippen molar-refractivity contribution in [2.24, 2.45) is 0 Å². The van der Waals surface area contributed by atoms with E-state index in [1.54, 1.807) is 7.11 Å². The number of hydrogen-bond donors (Lipinski definition) is 1. The highest BCUT2D eigenvalue weighted by Crippen LogP contribution is 2.31. The predicted octanol–water partition coefficient (Wildman–Crippen LogP) is 6.96. The molecule has 1 amide bonds. The van der Waals surface area contributed by atoms with Crippen molar-refractivity contribution in [2.75, 3.05) is 12.4 Å². The van der Waals surface area contributed by atoms with Crippen molar-refractivity contribution in [2.45, 2.75) is 0 Å². The third-order valence-corrected chi connectivity index (χ3v) is 5.45. The summed E-state index contributed by atoms with van der Waals surface area (Å²) in [6.45, 7) is 0. The number of pyridine rings is 1. The first-order chi connectivity index (χ1) is 16.7. The summed E-state index contributed by atoms with van der Waals surface area (Å²) in [5, 5.41) is 3.80. The van der Waals surface area contributed by atoms with Crippen molar-refractivity contribution < 1.29 is 14.3 Å². The minimum Gasteiger partial charge on any atom is -0.497 e. The minimum absolute atomic E-state index is 0.238. The Kier molecular flexibility index (Phi) is 5.91. The Morgan fingerprint density at radius 1 is 0.765 bits per heavy atom. The van der Waals surface area contributed by atoms with E-state index < -0.39 is 0 Å². The summed E-state index contributed by atoms with van der Waals surface area (Å²) in [6.07, 6.45) is 0. The third-order valence-electron chi connectivity index (χ3n) is 5.45. The molecular formula is C29H22N2O3. The van der Waals surface area contributed by atoms with Gasteiger partial charge in [-0.1, -0.05) is 48.5 Å². The number of benzene rings is 4. The fraction of sp³-hybridized carbons (Fsp3) is 0.0345. The monoisotopic (exact) mass is 446 g/mol. The zero-order valence-corrected chi connectivity index (χ0v) is 18.6. The molecule has 5 heteroatoms. The molecule has 0 radical (unpaired) electrons. The first kappa shape index (κ1) is 21.2. The number of nitrogens with one attached hydrogen (secondary N) is 1. The number of amides is 1. The van der Waals surface area contributed by atoms with E-state index in [-0.39, 0.29) is 5.91 Å². The zero-order valence-electron chi connectivity index (χ0n) is 18.6. The molecule has 1 aromatic heterocycles. The van der Waals surface area contributed by atoms with Gasteiger partial charge in [0.1, 0.15) is 11.5 Å². The number of rotatable bonds is 6. The highest BCUT2D eigenvalue weighted by molar-refractivity contribution is 6.13. The van der Waals surface area contributed by atoms with E-state index in [2.05, 4.69) is 5.32 Å². The van der Waals surface area contributed by atoms with Gasteiger partial charge in [0.15, 0.2) is 5.75 Å². The van der Waals surface area contributed by atoms with Gasteiger partial charge in [-0.15, -0.1) is 0 Å². The topological polar surface area (TPSA) is 60.5 Å². The standard InChI is InChI=1S/C29H22N2O3/c1-33-21-17-15-20(16-18-21)27-19-24(23-11-5-6-12-25(23)30-27)29(32)31-26-13-7-8-14-28(26)34-22-9-3-2-4-10-22/h2-19H,1H3,(H,31,32). The van der Waals surface area contributed by atoms with Crippen LogP contribution < -0.4 is 14.8 Å². The summed E-state index contributed by atoms with van der Waals surface area (Å²) in [5.41, 5.74) is 3.47. The van der Waals surface area contributed by atoms with Gasteiger partial charge in [-0.05, 0) is 60.7 Å². The van der Waals surface area contributed by atoms with Crippen LogP contribution in [0.3, 0.4) is 0 Å². The quantitative estimate of drug-likeness (QED) is 0.306. The number of hydrogen-bond acceptors (Lipinski definition) is 4. The van der Waals surface area contributed by atoms with E-state index in [0.29, 0.717) is 28.4 Å². The van der Waals surface area contributed by atoms with Gasteiger partial charge in [-0.25, -0.2) is 4.98 Å². The van der Waals surface area contributed by atoms with Crippen molar-refractivity contribution in [3.8, 4) is 28.5 Å². The van der Waals surface area contributed by atoms with Gasteiger partial charge in [0.25, 0.3) is 5.91 Å². The normalized spacial score (nSPS) is 10.6. The smallest absolute Gasteiger partial charge is 0.256 e. The zero-order chi connectivity index (χ0) is 23.3. The summed E-state index contributed by atoms with van der Waals surface area (Å²) in [4.78, 5) is 18.3. The lowest BCUT2D eigenvalue weighted by atomic mass is 10.0. The van der Waals surface area contributed by atoms with Gasteiger partial charge < -0.3 is 14.8 Å². The van der Waals surface area contributed by atoms with E-state index in [1.807, 2.05) is 109 Å². The number of para-hydroxylation sites is 4. The van der Waals surface area contributed by atoms with Crippen LogP contribution in [0.4, 0.5) is 5.69 Å². The van der Waals surface area contributed by atoms with E-state index in [4.69, 9.17) is 14.5 Å². The Bertz CT molecular complexity index is 1450. The number of nitrogens with zero attached hydrogens (tertiary/aromatic N) is 1. The number of fused-ring (bicyclic) bond motifs is 1. The molecule has 34 heavy (non-hydrogen) atoms. The van der Waals surface area contributed by atoms with Crippen molar-refractivity contribution in [1.29, 1.82) is 0 Å². The largest absolute Gasteiger partial charge is 0.497 e. The number of methoxy groups -OCH3 is 1. The van der Waals surface area contributed by atoms with Crippen LogP contribution in [0.15, 0.2) is 109 Å². The van der Waals surface area contributed by atoms with Gasteiger partial charge in [-0.3, -0.25) is 4.79 Å². The molecule has 0 bridgehead atoms. The van der Waals surface area contributed by atoms with E-state index in [1.165, 1.54) is 0 Å². The average molecular weight is 447 g/mol. The Morgan fingerprint density at radius 2 is 1.47 bits per heavy atom. The van der Waals surface area contributed by atoms with Crippen LogP contribution in [0.2, 0.25) is 0 Å². The highest BCUT2D eigenvalue weighted by atomic mass is 16.5. The molecule has 0 unspecified atom stereocenters. The molecule has 0 saturated heterocycles. The molecule has 0 atom stereocenters. The predicted molar refractivity (Wildman–Crippen MR) is 135 cm³/mol. The lowest BCUT2D eigenvalue weighted by molar-refractivity contribution is 0.102. The number of ether oxygens (including phenoxy) is 2. The number of aromatic nitrogens is 1. The second-order valence-electron chi connectivity index (χ2n) is 7.67. The summed E-state index contributed by atoms with van der Waals surface area (Å²) in [7, 11) is 1.63. The van der Waals surface area contributed by atoms with Gasteiger partial charge in [-0.2, -0.15) is 0 Å². The van der Waals surface area contributed by atoms with Crippen LogP contribution in [0.25, 0.3) is 22.2 Å². The maximum absolute atomic E-state index is 13.5. The van der Waals surface area contributed by atoms with Crippen LogP contribution in [-0.4, -0.2) is 18.0 Å². The van der Waals surface area contributed by atoms with Crippen molar-refractivity contribution in [3.63, 3.8) is 0 Å². The molecule has 0 fully saturated rings. The van der Waals surface area contributed by atoms with Crippen LogP contribution in [0, 0.1) is 0 Å². The second-order valence-corrected chi connectivity index (χ2v) is 7.67. The Labute approximate surface area is 197 Å². The first-order valence-electron chi connectivity index (χ1n) is 10.9. The second kappa shape index (κ2) is 9.46. The fourth-order valence-electron chi connectivity index (χ4n) is 3.74. The van der Waals surface area contributed by atoms with Gasteiger partial charge >= 0.3 is 0 Å².